The molecule has 0 radical (unpaired) electrons. The molecular formula is C15H30N4O. The third kappa shape index (κ3) is 4.09. The zero-order valence-corrected chi connectivity index (χ0v) is 13.5. The zero-order chi connectivity index (χ0) is 14.6. The summed E-state index contributed by atoms with van der Waals surface area (Å²) in [7, 11) is 1.88. The van der Waals surface area contributed by atoms with Gasteiger partial charge in [-0.3, -0.25) is 9.89 Å². The van der Waals surface area contributed by atoms with E-state index in [4.69, 9.17) is 4.74 Å². The first-order valence-electron chi connectivity index (χ1n) is 7.78. The Labute approximate surface area is 123 Å². The van der Waals surface area contributed by atoms with Crippen LogP contribution in [0.25, 0.3) is 0 Å². The largest absolute Gasteiger partial charge is 0.380 e. The Kier molecular flexibility index (Phi) is 5.27. The molecule has 1 N–H and O–H groups in total. The van der Waals surface area contributed by atoms with E-state index in [2.05, 4.69) is 40.9 Å². The molecule has 0 saturated carbocycles. The average Bonchev–Trinajstić information content (AvgIpc) is 2.38. The summed E-state index contributed by atoms with van der Waals surface area (Å²) < 4.78 is 5.30. The Hall–Kier alpha value is -0.810. The first-order valence-corrected chi connectivity index (χ1v) is 7.78. The summed E-state index contributed by atoms with van der Waals surface area (Å²) in [4.78, 5) is 9.36. The Morgan fingerprint density at radius 1 is 1.25 bits per heavy atom. The highest BCUT2D eigenvalue weighted by molar-refractivity contribution is 5.80. The van der Waals surface area contributed by atoms with E-state index in [1.54, 1.807) is 0 Å². The fourth-order valence-electron chi connectivity index (χ4n) is 2.84. The third-order valence-corrected chi connectivity index (χ3v) is 4.08. The van der Waals surface area contributed by atoms with Crippen molar-refractivity contribution in [3.8, 4) is 0 Å². The fourth-order valence-corrected chi connectivity index (χ4v) is 2.84. The van der Waals surface area contributed by atoms with Crippen molar-refractivity contribution >= 4 is 5.96 Å². The lowest BCUT2D eigenvalue weighted by molar-refractivity contribution is -0.0973. The van der Waals surface area contributed by atoms with Crippen molar-refractivity contribution in [3.63, 3.8) is 0 Å². The second kappa shape index (κ2) is 6.76. The molecule has 0 unspecified atom stereocenters. The average molecular weight is 282 g/mol. The van der Waals surface area contributed by atoms with Crippen LogP contribution in [0.1, 0.15) is 20.8 Å². The lowest BCUT2D eigenvalue weighted by atomic mass is 9.89. The molecule has 2 saturated heterocycles. The van der Waals surface area contributed by atoms with Crippen molar-refractivity contribution in [2.24, 2.45) is 16.3 Å². The van der Waals surface area contributed by atoms with Crippen molar-refractivity contribution in [3.05, 3.63) is 0 Å². The first kappa shape index (κ1) is 15.6. The molecule has 5 nitrogen and oxygen atoms in total. The molecule has 0 bridgehead atoms. The Morgan fingerprint density at radius 2 is 1.90 bits per heavy atom. The van der Waals surface area contributed by atoms with Gasteiger partial charge in [-0.05, 0) is 5.92 Å². The molecule has 0 aliphatic carbocycles. The van der Waals surface area contributed by atoms with Crippen LogP contribution < -0.4 is 5.32 Å². The number of hydrogen-bond donors (Lipinski definition) is 1. The molecule has 0 amide bonds. The summed E-state index contributed by atoms with van der Waals surface area (Å²) in [5.74, 6) is 1.79. The summed E-state index contributed by atoms with van der Waals surface area (Å²) in [6, 6.07) is 0. The van der Waals surface area contributed by atoms with Gasteiger partial charge in [0.2, 0.25) is 0 Å². The van der Waals surface area contributed by atoms with Crippen LogP contribution in [0.3, 0.4) is 0 Å². The van der Waals surface area contributed by atoms with E-state index in [0.29, 0.717) is 0 Å². The number of guanidine groups is 1. The Balaban J connectivity index is 1.75. The number of rotatable bonds is 4. The smallest absolute Gasteiger partial charge is 0.193 e. The van der Waals surface area contributed by atoms with Crippen LogP contribution in [-0.2, 0) is 4.74 Å². The van der Waals surface area contributed by atoms with Crippen molar-refractivity contribution in [2.45, 2.75) is 20.8 Å². The highest BCUT2D eigenvalue weighted by atomic mass is 16.5. The van der Waals surface area contributed by atoms with Crippen molar-refractivity contribution < 1.29 is 4.74 Å². The fraction of sp³-hybridized carbons (Fsp3) is 0.933. The van der Waals surface area contributed by atoms with E-state index < -0.39 is 0 Å². The van der Waals surface area contributed by atoms with Gasteiger partial charge in [-0.25, -0.2) is 0 Å². The number of nitrogens with one attached hydrogen (secondary N) is 1. The van der Waals surface area contributed by atoms with Crippen LogP contribution >= 0.6 is 0 Å². The minimum absolute atomic E-state index is 0.287. The van der Waals surface area contributed by atoms with Gasteiger partial charge in [-0.2, -0.15) is 0 Å². The highest BCUT2D eigenvalue weighted by Crippen LogP contribution is 2.25. The van der Waals surface area contributed by atoms with Gasteiger partial charge >= 0.3 is 0 Å². The molecule has 116 valence electrons. The summed E-state index contributed by atoms with van der Waals surface area (Å²) in [6.45, 7) is 15.1. The van der Waals surface area contributed by atoms with E-state index in [9.17, 15) is 0 Å². The topological polar surface area (TPSA) is 40.1 Å². The van der Waals surface area contributed by atoms with Gasteiger partial charge in [0.1, 0.15) is 0 Å². The van der Waals surface area contributed by atoms with Gasteiger partial charge in [-0.15, -0.1) is 0 Å². The predicted molar refractivity (Wildman–Crippen MR) is 83.1 cm³/mol. The predicted octanol–water partition coefficient (Wildman–Crippen LogP) is 0.872. The van der Waals surface area contributed by atoms with E-state index in [1.807, 2.05) is 7.05 Å². The number of nitrogens with zero attached hydrogens (tertiary/aromatic N) is 3. The van der Waals surface area contributed by atoms with E-state index >= 15 is 0 Å². The quantitative estimate of drug-likeness (QED) is 0.614. The summed E-state index contributed by atoms with van der Waals surface area (Å²) in [5.41, 5.74) is 0.287. The second-order valence-electron chi connectivity index (χ2n) is 6.89. The maximum atomic E-state index is 5.30. The standard InChI is InChI=1S/C15H30N4O/c1-13(2)9-18-5-7-19(8-6-18)14(16-4)17-10-15(3)11-20-12-15/h13H,5-12H2,1-4H3,(H,16,17). The van der Waals surface area contributed by atoms with Crippen LogP contribution in [0.2, 0.25) is 0 Å². The normalized spacial score (nSPS) is 23.9. The van der Waals surface area contributed by atoms with Crippen LogP contribution in [0.15, 0.2) is 4.99 Å². The molecule has 2 rings (SSSR count). The van der Waals surface area contributed by atoms with E-state index in [-0.39, 0.29) is 5.41 Å². The van der Waals surface area contributed by atoms with Gasteiger partial charge in [0.05, 0.1) is 13.2 Å². The number of aliphatic imine (C=N–C) groups is 1. The molecule has 2 fully saturated rings. The van der Waals surface area contributed by atoms with Crippen LogP contribution in [0, 0.1) is 11.3 Å². The molecule has 2 aliphatic heterocycles. The van der Waals surface area contributed by atoms with Gasteiger partial charge in [0, 0.05) is 51.7 Å². The summed E-state index contributed by atoms with van der Waals surface area (Å²) in [5, 5.41) is 3.51. The minimum Gasteiger partial charge on any atom is -0.380 e. The Morgan fingerprint density at radius 3 is 2.35 bits per heavy atom. The molecule has 0 aromatic carbocycles. The number of piperazine rings is 1. The Bertz CT molecular complexity index is 331. The molecule has 0 spiro atoms. The monoisotopic (exact) mass is 282 g/mol. The molecule has 2 heterocycles. The van der Waals surface area contributed by atoms with Gasteiger partial charge < -0.3 is 15.0 Å². The lowest BCUT2D eigenvalue weighted by Gasteiger charge is -2.41. The maximum Gasteiger partial charge on any atom is 0.193 e. The lowest BCUT2D eigenvalue weighted by Crippen LogP contribution is -2.56. The molecule has 2 aliphatic rings. The second-order valence-corrected chi connectivity index (χ2v) is 6.89. The van der Waals surface area contributed by atoms with Gasteiger partial charge in [0.15, 0.2) is 5.96 Å². The summed E-state index contributed by atoms with van der Waals surface area (Å²) >= 11 is 0. The minimum atomic E-state index is 0.287. The maximum absolute atomic E-state index is 5.30. The van der Waals surface area contributed by atoms with Gasteiger partial charge in [0.25, 0.3) is 0 Å². The van der Waals surface area contributed by atoms with Crippen molar-refractivity contribution in [1.29, 1.82) is 0 Å². The SMILES string of the molecule is CN=C(NCC1(C)COC1)N1CCN(CC(C)C)CC1. The van der Waals surface area contributed by atoms with E-state index in [0.717, 1.165) is 57.8 Å². The van der Waals surface area contributed by atoms with Crippen LogP contribution in [0.5, 0.6) is 0 Å². The molecule has 0 atom stereocenters. The molecule has 5 heteroatoms. The molecule has 20 heavy (non-hydrogen) atoms. The van der Waals surface area contributed by atoms with Crippen LogP contribution in [-0.4, -0.2) is 75.3 Å². The van der Waals surface area contributed by atoms with Crippen molar-refractivity contribution in [1.82, 2.24) is 15.1 Å². The van der Waals surface area contributed by atoms with E-state index in [1.165, 1.54) is 6.54 Å². The third-order valence-electron chi connectivity index (χ3n) is 4.08. The number of hydrogen-bond acceptors (Lipinski definition) is 3. The van der Waals surface area contributed by atoms with Gasteiger partial charge in [-0.1, -0.05) is 20.8 Å². The van der Waals surface area contributed by atoms with Crippen molar-refractivity contribution in [2.75, 3.05) is 59.5 Å². The number of ether oxygens (including phenoxy) is 1. The molecular weight excluding hydrogens is 252 g/mol. The summed E-state index contributed by atoms with van der Waals surface area (Å²) in [6.07, 6.45) is 0. The highest BCUT2D eigenvalue weighted by Gasteiger charge is 2.33. The first-order chi connectivity index (χ1) is 9.52. The van der Waals surface area contributed by atoms with Crippen LogP contribution in [0.4, 0.5) is 0 Å². The zero-order valence-electron chi connectivity index (χ0n) is 13.5. The molecule has 0 aromatic heterocycles. The molecule has 0 aromatic rings.